The first kappa shape index (κ1) is 20.5. The molecule has 0 saturated heterocycles. The Morgan fingerprint density at radius 2 is 2.14 bits per heavy atom. The van der Waals surface area contributed by atoms with Crippen LogP contribution in [0.2, 0.25) is 5.02 Å². The third-order valence-electron chi connectivity index (χ3n) is 4.53. The average molecular weight is 413 g/mol. The summed E-state index contributed by atoms with van der Waals surface area (Å²) in [6.07, 6.45) is 2.76. The highest BCUT2D eigenvalue weighted by Gasteiger charge is 2.20. The number of rotatable bonds is 7. The van der Waals surface area contributed by atoms with Gasteiger partial charge in [0.2, 0.25) is 0 Å². The van der Waals surface area contributed by atoms with Crippen LogP contribution < -0.4 is 22.3 Å². The minimum Gasteiger partial charge on any atom is -0.382 e. The van der Waals surface area contributed by atoms with E-state index >= 15 is 0 Å². The number of aromatic nitrogens is 4. The highest BCUT2D eigenvalue weighted by molar-refractivity contribution is 6.35. The number of unbranched alkanes of at least 4 members (excludes halogenated alkanes) is 1. The summed E-state index contributed by atoms with van der Waals surface area (Å²) in [6.45, 7) is 2.81. The fraction of sp³-hybridized carbons (Fsp3) is 0.316. The van der Waals surface area contributed by atoms with Gasteiger partial charge in [0, 0.05) is 6.54 Å². The molecule has 9 nitrogen and oxygen atoms in total. The van der Waals surface area contributed by atoms with Gasteiger partial charge in [0.1, 0.15) is 35.4 Å². The fourth-order valence-electron chi connectivity index (χ4n) is 3.09. The lowest BCUT2D eigenvalue weighted by molar-refractivity contribution is 0.551. The standard InChI is InChI=1S/C19H21ClN8O/c1-11(26-17-12(9-22)16(23)24-10-25-17)18-27-14-6-4-5-13(20)15(14)19(29)28(18)8-3-2-7-21/h4-6,10-11H,2-3,7-8,21H2,1H3,(H3,23,24,25,26). The Labute approximate surface area is 172 Å². The zero-order valence-electron chi connectivity index (χ0n) is 15.9. The van der Waals surface area contributed by atoms with Crippen LogP contribution in [-0.2, 0) is 6.54 Å². The Morgan fingerprint density at radius 1 is 1.34 bits per heavy atom. The summed E-state index contributed by atoms with van der Waals surface area (Å²) in [5, 5.41) is 13.2. The van der Waals surface area contributed by atoms with Crippen LogP contribution in [0.25, 0.3) is 10.9 Å². The van der Waals surface area contributed by atoms with E-state index < -0.39 is 6.04 Å². The van der Waals surface area contributed by atoms with Gasteiger partial charge in [-0.2, -0.15) is 5.26 Å². The maximum Gasteiger partial charge on any atom is 0.262 e. The van der Waals surface area contributed by atoms with Crippen molar-refractivity contribution in [3.05, 3.63) is 51.3 Å². The third-order valence-corrected chi connectivity index (χ3v) is 4.84. The van der Waals surface area contributed by atoms with E-state index in [-0.39, 0.29) is 22.8 Å². The molecular weight excluding hydrogens is 392 g/mol. The van der Waals surface area contributed by atoms with Gasteiger partial charge in [-0.3, -0.25) is 9.36 Å². The van der Waals surface area contributed by atoms with Gasteiger partial charge in [-0.15, -0.1) is 0 Å². The zero-order valence-corrected chi connectivity index (χ0v) is 16.6. The number of nitrogens with zero attached hydrogens (tertiary/aromatic N) is 5. The summed E-state index contributed by atoms with van der Waals surface area (Å²) in [5.74, 6) is 0.861. The Balaban J connectivity index is 2.09. The number of benzene rings is 1. The molecule has 0 aliphatic carbocycles. The molecule has 0 radical (unpaired) electrons. The molecule has 2 heterocycles. The molecule has 2 aromatic heterocycles. The first-order valence-corrected chi connectivity index (χ1v) is 9.51. The van der Waals surface area contributed by atoms with E-state index in [0.717, 1.165) is 12.8 Å². The van der Waals surface area contributed by atoms with Crippen molar-refractivity contribution in [1.29, 1.82) is 5.26 Å². The van der Waals surface area contributed by atoms with Crippen LogP contribution >= 0.6 is 11.6 Å². The van der Waals surface area contributed by atoms with Crippen LogP contribution in [0.5, 0.6) is 0 Å². The van der Waals surface area contributed by atoms with E-state index in [1.54, 1.807) is 22.8 Å². The third kappa shape index (κ3) is 4.13. The second-order valence-corrected chi connectivity index (χ2v) is 6.92. The van der Waals surface area contributed by atoms with Crippen molar-refractivity contribution in [1.82, 2.24) is 19.5 Å². The lowest BCUT2D eigenvalue weighted by Gasteiger charge is -2.20. The predicted octanol–water partition coefficient (Wildman–Crippen LogP) is 2.21. The molecule has 1 atom stereocenters. The summed E-state index contributed by atoms with van der Waals surface area (Å²) in [5.41, 5.74) is 11.8. The minimum absolute atomic E-state index is 0.0794. The lowest BCUT2D eigenvalue weighted by atomic mass is 10.2. The summed E-state index contributed by atoms with van der Waals surface area (Å²) in [7, 11) is 0. The summed E-state index contributed by atoms with van der Waals surface area (Å²) in [4.78, 5) is 25.8. The molecule has 1 unspecified atom stereocenters. The molecule has 0 aliphatic heterocycles. The maximum atomic E-state index is 13.2. The molecule has 0 bridgehead atoms. The van der Waals surface area contributed by atoms with Crippen LogP contribution in [0.1, 0.15) is 37.2 Å². The lowest BCUT2D eigenvalue weighted by Crippen LogP contribution is -2.29. The van der Waals surface area contributed by atoms with Crippen molar-refractivity contribution in [3.8, 4) is 6.07 Å². The van der Waals surface area contributed by atoms with Gasteiger partial charge in [-0.1, -0.05) is 17.7 Å². The van der Waals surface area contributed by atoms with Crippen LogP contribution in [0.15, 0.2) is 29.3 Å². The Hall–Kier alpha value is -3.22. The zero-order chi connectivity index (χ0) is 21.0. The monoisotopic (exact) mass is 412 g/mol. The van der Waals surface area contributed by atoms with E-state index in [1.165, 1.54) is 6.33 Å². The van der Waals surface area contributed by atoms with E-state index in [9.17, 15) is 10.1 Å². The SMILES string of the molecule is CC(Nc1ncnc(N)c1C#N)c1nc2cccc(Cl)c2c(=O)n1CCCCN. The second kappa shape index (κ2) is 8.86. The Kier molecular flexibility index (Phi) is 6.26. The number of hydrogen-bond acceptors (Lipinski definition) is 8. The van der Waals surface area contributed by atoms with E-state index in [4.69, 9.17) is 23.1 Å². The molecule has 3 aromatic rings. The van der Waals surface area contributed by atoms with E-state index in [0.29, 0.717) is 34.8 Å². The fourth-order valence-corrected chi connectivity index (χ4v) is 3.34. The Morgan fingerprint density at radius 3 is 2.86 bits per heavy atom. The Bertz CT molecular complexity index is 1140. The van der Waals surface area contributed by atoms with Gasteiger partial charge in [-0.25, -0.2) is 15.0 Å². The molecule has 1 aromatic carbocycles. The highest BCUT2D eigenvalue weighted by atomic mass is 35.5. The minimum atomic E-state index is -0.439. The summed E-state index contributed by atoms with van der Waals surface area (Å²) in [6, 6.07) is 6.71. The molecule has 0 aliphatic rings. The van der Waals surface area contributed by atoms with Crippen LogP contribution in [0, 0.1) is 11.3 Å². The van der Waals surface area contributed by atoms with E-state index in [1.807, 2.05) is 13.0 Å². The molecular formula is C19H21ClN8O. The van der Waals surface area contributed by atoms with Gasteiger partial charge in [-0.05, 0) is 38.4 Å². The molecule has 0 amide bonds. The van der Waals surface area contributed by atoms with Gasteiger partial charge in [0.05, 0.1) is 22.0 Å². The number of fused-ring (bicyclic) bond motifs is 1. The van der Waals surface area contributed by atoms with Gasteiger partial charge in [0.25, 0.3) is 5.56 Å². The number of nitrogen functional groups attached to an aromatic ring is 1. The molecule has 0 saturated carbocycles. The van der Waals surface area contributed by atoms with Gasteiger partial charge < -0.3 is 16.8 Å². The maximum absolute atomic E-state index is 13.2. The van der Waals surface area contributed by atoms with Crippen molar-refractivity contribution in [3.63, 3.8) is 0 Å². The average Bonchev–Trinajstić information content (AvgIpc) is 2.69. The molecule has 0 fully saturated rings. The van der Waals surface area contributed by atoms with Crippen molar-refractivity contribution < 1.29 is 0 Å². The number of nitrogens with one attached hydrogen (secondary N) is 1. The molecule has 10 heteroatoms. The molecule has 29 heavy (non-hydrogen) atoms. The highest BCUT2D eigenvalue weighted by Crippen LogP contribution is 2.24. The quantitative estimate of drug-likeness (QED) is 0.500. The van der Waals surface area contributed by atoms with Gasteiger partial charge >= 0.3 is 0 Å². The van der Waals surface area contributed by atoms with Crippen LogP contribution in [-0.4, -0.2) is 26.1 Å². The normalized spacial score (nSPS) is 11.9. The summed E-state index contributed by atoms with van der Waals surface area (Å²) >= 11 is 6.26. The number of hydrogen-bond donors (Lipinski definition) is 3. The largest absolute Gasteiger partial charge is 0.382 e. The number of anilines is 2. The van der Waals surface area contributed by atoms with E-state index in [2.05, 4.69) is 20.3 Å². The van der Waals surface area contributed by atoms with Gasteiger partial charge in [0.15, 0.2) is 0 Å². The first-order chi connectivity index (χ1) is 14.0. The predicted molar refractivity (Wildman–Crippen MR) is 112 cm³/mol. The molecule has 150 valence electrons. The summed E-state index contributed by atoms with van der Waals surface area (Å²) < 4.78 is 1.60. The molecule has 5 N–H and O–H groups in total. The first-order valence-electron chi connectivity index (χ1n) is 9.14. The molecule has 3 rings (SSSR count). The van der Waals surface area contributed by atoms with Crippen molar-refractivity contribution >= 4 is 34.1 Å². The van der Waals surface area contributed by atoms with Crippen LogP contribution in [0.3, 0.4) is 0 Å². The van der Waals surface area contributed by atoms with Crippen molar-refractivity contribution in [2.45, 2.75) is 32.4 Å². The number of nitriles is 1. The smallest absolute Gasteiger partial charge is 0.262 e. The van der Waals surface area contributed by atoms with Crippen molar-refractivity contribution in [2.24, 2.45) is 5.73 Å². The number of halogens is 1. The number of nitrogens with two attached hydrogens (primary N) is 2. The van der Waals surface area contributed by atoms with Crippen LogP contribution in [0.4, 0.5) is 11.6 Å². The molecule has 0 spiro atoms. The topological polar surface area (TPSA) is 149 Å². The second-order valence-electron chi connectivity index (χ2n) is 6.52. The van der Waals surface area contributed by atoms with Crippen molar-refractivity contribution in [2.75, 3.05) is 17.6 Å².